The molecule has 8 heteroatoms. The molecule has 1 unspecified atom stereocenters. The smallest absolute Gasteiger partial charge is 0.427 e. The lowest BCUT2D eigenvalue weighted by Crippen LogP contribution is -2.20. The van der Waals surface area contributed by atoms with Crippen molar-refractivity contribution in [2.24, 2.45) is 0 Å². The van der Waals surface area contributed by atoms with E-state index < -0.39 is 13.5 Å². The zero-order chi connectivity index (χ0) is 17.2. The summed E-state index contributed by atoms with van der Waals surface area (Å²) in [4.78, 5) is 29.7. The van der Waals surface area contributed by atoms with Gasteiger partial charge in [-0.2, -0.15) is 0 Å². The van der Waals surface area contributed by atoms with Crippen molar-refractivity contribution in [2.45, 2.75) is 25.7 Å². The molecule has 0 amide bonds. The molecule has 7 nitrogen and oxygen atoms in total. The monoisotopic (exact) mass is 339 g/mol. The predicted octanol–water partition coefficient (Wildman–Crippen LogP) is 2.24. The van der Waals surface area contributed by atoms with Gasteiger partial charge in [-0.25, -0.2) is 4.57 Å². The van der Waals surface area contributed by atoms with Crippen LogP contribution in [0.5, 0.6) is 5.75 Å². The molecule has 0 bridgehead atoms. The zero-order valence-corrected chi connectivity index (χ0v) is 13.3. The summed E-state index contributed by atoms with van der Waals surface area (Å²) in [5, 5.41) is 21.5. The minimum absolute atomic E-state index is 0.0235. The number of carbonyl (C=O) groups is 1. The molecule has 124 valence electrons. The number of hydrogen-bond donors (Lipinski definition) is 5. The standard InChI is InChI=1S/C15H18NO6P/c1-9(10-3-2-4-11(17)6-10)5-13-14(16-23(20,21)22)7-12(18)8-15(13)19/h2-4,6,8-9,17,19H,5,7H2,1H3,(H3,16,20,21,22). The highest BCUT2D eigenvalue weighted by Crippen LogP contribution is 2.37. The summed E-state index contributed by atoms with van der Waals surface area (Å²) < 4.78 is 11.2. The lowest BCUT2D eigenvalue weighted by Gasteiger charge is -2.22. The second-order valence-corrected chi connectivity index (χ2v) is 6.80. The van der Waals surface area contributed by atoms with Crippen LogP contribution < -0.4 is 5.09 Å². The number of aliphatic hydroxyl groups excluding tert-OH is 1. The molecule has 0 saturated carbocycles. The van der Waals surface area contributed by atoms with Crippen LogP contribution in [0.1, 0.15) is 31.2 Å². The Balaban J connectivity index is 2.32. The second-order valence-electron chi connectivity index (χ2n) is 5.49. The summed E-state index contributed by atoms with van der Waals surface area (Å²) in [5.41, 5.74) is 1.11. The van der Waals surface area contributed by atoms with Gasteiger partial charge in [-0.1, -0.05) is 19.1 Å². The third-order valence-electron chi connectivity index (χ3n) is 3.55. The fraction of sp³-hybridized carbons (Fsp3) is 0.267. The molecular formula is C15H18NO6P. The first-order valence-corrected chi connectivity index (χ1v) is 8.55. The fourth-order valence-electron chi connectivity index (χ4n) is 2.49. The number of nitrogens with one attached hydrogen (secondary N) is 1. The summed E-state index contributed by atoms with van der Waals surface area (Å²) in [6, 6.07) is 6.60. The molecule has 1 aromatic rings. The normalized spacial score (nSPS) is 17.0. The van der Waals surface area contributed by atoms with Crippen molar-refractivity contribution >= 4 is 13.5 Å². The predicted molar refractivity (Wildman–Crippen MR) is 83.7 cm³/mol. The zero-order valence-electron chi connectivity index (χ0n) is 12.4. The Kier molecular flexibility index (Phi) is 4.94. The number of aliphatic hydroxyl groups is 1. The molecule has 1 atom stereocenters. The maximum Gasteiger partial charge on any atom is 0.427 e. The minimum atomic E-state index is -4.59. The average molecular weight is 339 g/mol. The van der Waals surface area contributed by atoms with Gasteiger partial charge < -0.3 is 20.0 Å². The van der Waals surface area contributed by atoms with E-state index >= 15 is 0 Å². The molecule has 2 rings (SSSR count). The molecule has 0 spiro atoms. The van der Waals surface area contributed by atoms with Gasteiger partial charge in [-0.3, -0.25) is 9.88 Å². The van der Waals surface area contributed by atoms with Crippen LogP contribution in [-0.4, -0.2) is 25.8 Å². The van der Waals surface area contributed by atoms with E-state index in [1.54, 1.807) is 18.2 Å². The first-order valence-electron chi connectivity index (χ1n) is 6.94. The Bertz CT molecular complexity index is 733. The van der Waals surface area contributed by atoms with Crippen molar-refractivity contribution in [3.63, 3.8) is 0 Å². The third kappa shape index (κ3) is 4.69. The maximum absolute atomic E-state index is 11.5. The van der Waals surface area contributed by atoms with Gasteiger partial charge >= 0.3 is 7.75 Å². The Morgan fingerprint density at radius 1 is 1.30 bits per heavy atom. The van der Waals surface area contributed by atoms with Crippen molar-refractivity contribution < 1.29 is 29.4 Å². The Morgan fingerprint density at radius 3 is 2.61 bits per heavy atom. The highest BCUT2D eigenvalue weighted by Gasteiger charge is 2.26. The van der Waals surface area contributed by atoms with Crippen molar-refractivity contribution in [3.05, 3.63) is 52.9 Å². The summed E-state index contributed by atoms with van der Waals surface area (Å²) in [5.74, 6) is -0.777. The Hall–Kier alpha value is -2.08. The molecule has 23 heavy (non-hydrogen) atoms. The summed E-state index contributed by atoms with van der Waals surface area (Å²) in [6.07, 6.45) is 1.09. The molecule has 5 N–H and O–H groups in total. The lowest BCUT2D eigenvalue weighted by molar-refractivity contribution is -0.114. The summed E-state index contributed by atoms with van der Waals surface area (Å²) >= 11 is 0. The largest absolute Gasteiger partial charge is 0.508 e. The average Bonchev–Trinajstić information content (AvgIpc) is 2.40. The molecule has 0 aliphatic heterocycles. The van der Waals surface area contributed by atoms with Crippen LogP contribution in [0.15, 0.2) is 47.4 Å². The number of benzene rings is 1. The van der Waals surface area contributed by atoms with Gasteiger partial charge in [0.2, 0.25) is 0 Å². The van der Waals surface area contributed by atoms with Gasteiger partial charge in [0.1, 0.15) is 11.5 Å². The number of ketones is 1. The number of aromatic hydroxyl groups is 1. The van der Waals surface area contributed by atoms with Crippen LogP contribution >= 0.6 is 7.75 Å². The van der Waals surface area contributed by atoms with Crippen LogP contribution in [-0.2, 0) is 9.36 Å². The molecule has 1 aliphatic rings. The van der Waals surface area contributed by atoms with Gasteiger partial charge in [0, 0.05) is 17.3 Å². The van der Waals surface area contributed by atoms with Crippen LogP contribution in [0.3, 0.4) is 0 Å². The number of rotatable bonds is 5. The number of carbonyl (C=O) groups excluding carboxylic acids is 1. The molecule has 1 aliphatic carbocycles. The topological polar surface area (TPSA) is 127 Å². The molecule has 0 saturated heterocycles. The lowest BCUT2D eigenvalue weighted by atomic mass is 9.89. The van der Waals surface area contributed by atoms with Crippen LogP contribution in [0, 0.1) is 0 Å². The van der Waals surface area contributed by atoms with Gasteiger partial charge in [-0.05, 0) is 30.0 Å². The van der Waals surface area contributed by atoms with E-state index in [-0.39, 0.29) is 41.5 Å². The van der Waals surface area contributed by atoms with Crippen LogP contribution in [0.2, 0.25) is 0 Å². The molecule has 0 fully saturated rings. The van der Waals surface area contributed by atoms with E-state index in [1.807, 2.05) is 12.0 Å². The fourth-order valence-corrected chi connectivity index (χ4v) is 3.06. The van der Waals surface area contributed by atoms with E-state index in [0.29, 0.717) is 0 Å². The first-order chi connectivity index (χ1) is 10.7. The van der Waals surface area contributed by atoms with E-state index in [9.17, 15) is 19.6 Å². The van der Waals surface area contributed by atoms with Crippen molar-refractivity contribution in [1.29, 1.82) is 0 Å². The Morgan fingerprint density at radius 2 is 2.00 bits per heavy atom. The molecular weight excluding hydrogens is 321 g/mol. The number of hydrogen-bond acceptors (Lipinski definition) is 4. The van der Waals surface area contributed by atoms with Crippen molar-refractivity contribution in [3.8, 4) is 5.75 Å². The SMILES string of the molecule is CC(CC1=C(NP(=O)(O)O)CC(=O)C=C1O)c1cccc(O)c1. The van der Waals surface area contributed by atoms with Gasteiger partial charge in [-0.15, -0.1) is 0 Å². The Labute approximate surface area is 133 Å². The summed E-state index contributed by atoms with van der Waals surface area (Å²) in [6.45, 7) is 1.85. The van der Waals surface area contributed by atoms with E-state index in [0.717, 1.165) is 11.6 Å². The maximum atomic E-state index is 11.5. The van der Waals surface area contributed by atoms with E-state index in [1.165, 1.54) is 6.07 Å². The third-order valence-corrected chi connectivity index (χ3v) is 4.11. The number of phenols is 1. The highest BCUT2D eigenvalue weighted by atomic mass is 31.2. The number of phenolic OH excluding ortho intramolecular Hbond substituents is 1. The van der Waals surface area contributed by atoms with Gasteiger partial charge in [0.05, 0.1) is 6.42 Å². The van der Waals surface area contributed by atoms with Crippen molar-refractivity contribution in [1.82, 2.24) is 5.09 Å². The molecule has 0 aromatic heterocycles. The molecule has 1 aromatic carbocycles. The molecule has 0 heterocycles. The van der Waals surface area contributed by atoms with E-state index in [2.05, 4.69) is 0 Å². The van der Waals surface area contributed by atoms with Gasteiger partial charge in [0.15, 0.2) is 5.78 Å². The molecule has 0 radical (unpaired) electrons. The van der Waals surface area contributed by atoms with Gasteiger partial charge in [0.25, 0.3) is 0 Å². The quantitative estimate of drug-likeness (QED) is 0.521. The van der Waals surface area contributed by atoms with Crippen LogP contribution in [0.25, 0.3) is 0 Å². The number of allylic oxidation sites excluding steroid dienone is 3. The second kappa shape index (κ2) is 6.58. The van der Waals surface area contributed by atoms with Crippen LogP contribution in [0.4, 0.5) is 0 Å². The summed E-state index contributed by atoms with van der Waals surface area (Å²) in [7, 11) is -4.59. The first kappa shape index (κ1) is 17.3. The highest BCUT2D eigenvalue weighted by molar-refractivity contribution is 7.49. The minimum Gasteiger partial charge on any atom is -0.508 e. The van der Waals surface area contributed by atoms with E-state index in [4.69, 9.17) is 9.79 Å². The van der Waals surface area contributed by atoms with Crippen molar-refractivity contribution in [2.75, 3.05) is 0 Å².